The Labute approximate surface area is 113 Å². The van der Waals surface area contributed by atoms with Gasteiger partial charge in [0.1, 0.15) is 6.04 Å². The number of aromatic nitrogens is 2. The standard InChI is InChI=1S/C14H21N3O2/c1-9(2)8-12(18)17-7-3-4-11(17)14-15-13(16-19-14)10-5-6-10/h9-11H,3-8H2,1-2H3. The van der Waals surface area contributed by atoms with Gasteiger partial charge in [-0.3, -0.25) is 4.79 Å². The van der Waals surface area contributed by atoms with Gasteiger partial charge in [-0.25, -0.2) is 0 Å². The minimum atomic E-state index is 0.00579. The van der Waals surface area contributed by atoms with Gasteiger partial charge < -0.3 is 9.42 Å². The van der Waals surface area contributed by atoms with Gasteiger partial charge >= 0.3 is 0 Å². The van der Waals surface area contributed by atoms with Crippen molar-refractivity contribution < 1.29 is 9.32 Å². The van der Waals surface area contributed by atoms with Crippen LogP contribution < -0.4 is 0 Å². The molecule has 2 aliphatic rings. The third kappa shape index (κ3) is 2.65. The lowest BCUT2D eigenvalue weighted by Gasteiger charge is -2.22. The Morgan fingerprint density at radius 2 is 2.21 bits per heavy atom. The van der Waals surface area contributed by atoms with Gasteiger partial charge in [-0.1, -0.05) is 19.0 Å². The van der Waals surface area contributed by atoms with E-state index in [9.17, 15) is 4.79 Å². The Morgan fingerprint density at radius 3 is 2.89 bits per heavy atom. The van der Waals surface area contributed by atoms with E-state index in [0.717, 1.165) is 25.2 Å². The number of nitrogens with zero attached hydrogens (tertiary/aromatic N) is 3. The van der Waals surface area contributed by atoms with Crippen LogP contribution in [0.25, 0.3) is 0 Å². The molecule has 1 amide bonds. The van der Waals surface area contributed by atoms with Crippen molar-refractivity contribution in [2.24, 2.45) is 5.92 Å². The Kier molecular flexibility index (Phi) is 3.29. The van der Waals surface area contributed by atoms with Crippen molar-refractivity contribution in [1.29, 1.82) is 0 Å². The third-order valence-electron chi connectivity index (χ3n) is 3.84. The third-order valence-corrected chi connectivity index (χ3v) is 3.84. The second-order valence-electron chi connectivity index (χ2n) is 6.11. The molecule has 1 aliphatic carbocycles. The van der Waals surface area contributed by atoms with Crippen molar-refractivity contribution in [2.45, 2.75) is 57.9 Å². The molecule has 0 radical (unpaired) electrons. The highest BCUT2D eigenvalue weighted by atomic mass is 16.5. The van der Waals surface area contributed by atoms with E-state index in [0.29, 0.717) is 24.1 Å². The highest BCUT2D eigenvalue weighted by molar-refractivity contribution is 5.77. The molecule has 5 heteroatoms. The van der Waals surface area contributed by atoms with Crippen molar-refractivity contribution in [3.05, 3.63) is 11.7 Å². The summed E-state index contributed by atoms with van der Waals surface area (Å²) in [5.74, 6) is 2.57. The van der Waals surface area contributed by atoms with Crippen molar-refractivity contribution in [1.82, 2.24) is 15.0 Å². The van der Waals surface area contributed by atoms with E-state index < -0.39 is 0 Å². The summed E-state index contributed by atoms with van der Waals surface area (Å²) in [6.45, 7) is 4.96. The quantitative estimate of drug-likeness (QED) is 0.838. The maximum atomic E-state index is 12.2. The van der Waals surface area contributed by atoms with Crippen LogP contribution in [0, 0.1) is 5.92 Å². The zero-order chi connectivity index (χ0) is 13.4. The van der Waals surface area contributed by atoms with Crippen LogP contribution in [-0.2, 0) is 4.79 Å². The van der Waals surface area contributed by atoms with E-state index in [2.05, 4.69) is 24.0 Å². The van der Waals surface area contributed by atoms with E-state index in [1.54, 1.807) is 0 Å². The van der Waals surface area contributed by atoms with Gasteiger partial charge in [-0.2, -0.15) is 4.98 Å². The molecule has 0 bridgehead atoms. The molecule has 2 fully saturated rings. The summed E-state index contributed by atoms with van der Waals surface area (Å²) in [5.41, 5.74) is 0. The first-order valence-corrected chi connectivity index (χ1v) is 7.28. The molecule has 0 spiro atoms. The smallest absolute Gasteiger partial charge is 0.249 e. The second-order valence-corrected chi connectivity index (χ2v) is 6.11. The van der Waals surface area contributed by atoms with Crippen molar-refractivity contribution in [2.75, 3.05) is 6.54 Å². The molecule has 104 valence electrons. The maximum absolute atomic E-state index is 12.2. The number of rotatable bonds is 4. The number of amides is 1. The first-order valence-electron chi connectivity index (χ1n) is 7.28. The molecular weight excluding hydrogens is 242 g/mol. The van der Waals surface area contributed by atoms with Gasteiger partial charge in [0.25, 0.3) is 0 Å². The molecule has 1 aliphatic heterocycles. The van der Waals surface area contributed by atoms with Gasteiger partial charge in [0.05, 0.1) is 0 Å². The van der Waals surface area contributed by atoms with E-state index in [1.807, 2.05) is 4.90 Å². The fraction of sp³-hybridized carbons (Fsp3) is 0.786. The topological polar surface area (TPSA) is 59.2 Å². The van der Waals surface area contributed by atoms with Crippen molar-refractivity contribution in [3.8, 4) is 0 Å². The molecular formula is C14H21N3O2. The van der Waals surface area contributed by atoms with Crippen LogP contribution in [0.3, 0.4) is 0 Å². The number of carbonyl (C=O) groups is 1. The van der Waals surface area contributed by atoms with E-state index in [4.69, 9.17) is 4.52 Å². The Morgan fingerprint density at radius 1 is 1.42 bits per heavy atom. The Bertz CT molecular complexity index is 465. The molecule has 1 aromatic heterocycles. The fourth-order valence-electron chi connectivity index (χ4n) is 2.68. The normalized spacial score (nSPS) is 23.3. The average Bonchev–Trinajstić information content (AvgIpc) is 2.92. The van der Waals surface area contributed by atoms with Crippen LogP contribution >= 0.6 is 0 Å². The number of hydrogen-bond donors (Lipinski definition) is 0. The predicted molar refractivity (Wildman–Crippen MR) is 69.4 cm³/mol. The van der Waals surface area contributed by atoms with Gasteiger partial charge in [-0.15, -0.1) is 0 Å². The lowest BCUT2D eigenvalue weighted by molar-refractivity contribution is -0.133. The maximum Gasteiger partial charge on any atom is 0.249 e. The minimum Gasteiger partial charge on any atom is -0.337 e. The molecule has 1 atom stereocenters. The van der Waals surface area contributed by atoms with E-state index in [1.165, 1.54) is 12.8 Å². The van der Waals surface area contributed by atoms with Crippen LogP contribution in [0.15, 0.2) is 4.52 Å². The summed E-state index contributed by atoms with van der Waals surface area (Å²) in [5, 5.41) is 4.05. The van der Waals surface area contributed by atoms with Crippen molar-refractivity contribution >= 4 is 5.91 Å². The lowest BCUT2D eigenvalue weighted by Crippen LogP contribution is -2.31. The fourth-order valence-corrected chi connectivity index (χ4v) is 2.68. The zero-order valence-electron chi connectivity index (χ0n) is 11.6. The van der Waals surface area contributed by atoms with Gasteiger partial charge in [0.2, 0.25) is 11.8 Å². The molecule has 3 rings (SSSR count). The van der Waals surface area contributed by atoms with Crippen LogP contribution in [-0.4, -0.2) is 27.5 Å². The minimum absolute atomic E-state index is 0.00579. The summed E-state index contributed by atoms with van der Waals surface area (Å²) in [7, 11) is 0. The second kappa shape index (κ2) is 4.94. The molecule has 1 saturated heterocycles. The first-order chi connectivity index (χ1) is 9.15. The Balaban J connectivity index is 1.72. The molecule has 1 saturated carbocycles. The molecule has 0 aromatic carbocycles. The number of likely N-dealkylation sites (tertiary alicyclic amines) is 1. The van der Waals surface area contributed by atoms with Gasteiger partial charge in [0.15, 0.2) is 5.82 Å². The molecule has 5 nitrogen and oxygen atoms in total. The highest BCUT2D eigenvalue weighted by Gasteiger charge is 2.36. The van der Waals surface area contributed by atoms with Crippen molar-refractivity contribution in [3.63, 3.8) is 0 Å². The van der Waals surface area contributed by atoms with E-state index in [-0.39, 0.29) is 11.9 Å². The van der Waals surface area contributed by atoms with Crippen LogP contribution in [0.1, 0.15) is 69.6 Å². The summed E-state index contributed by atoms with van der Waals surface area (Å²) >= 11 is 0. The average molecular weight is 263 g/mol. The first kappa shape index (κ1) is 12.6. The number of hydrogen-bond acceptors (Lipinski definition) is 4. The summed E-state index contributed by atoms with van der Waals surface area (Å²) in [4.78, 5) is 18.6. The number of carbonyl (C=O) groups excluding carboxylic acids is 1. The largest absolute Gasteiger partial charge is 0.337 e. The molecule has 19 heavy (non-hydrogen) atoms. The molecule has 0 N–H and O–H groups in total. The SMILES string of the molecule is CC(C)CC(=O)N1CCCC1c1nc(C2CC2)no1. The van der Waals surface area contributed by atoms with Crippen LogP contribution in [0.2, 0.25) is 0 Å². The van der Waals surface area contributed by atoms with E-state index >= 15 is 0 Å². The predicted octanol–water partition coefficient (Wildman–Crippen LogP) is 2.66. The summed E-state index contributed by atoms with van der Waals surface area (Å²) < 4.78 is 5.38. The van der Waals surface area contributed by atoms with Crippen LogP contribution in [0.5, 0.6) is 0 Å². The highest BCUT2D eigenvalue weighted by Crippen LogP contribution is 2.39. The van der Waals surface area contributed by atoms with Crippen LogP contribution in [0.4, 0.5) is 0 Å². The summed E-state index contributed by atoms with van der Waals surface area (Å²) in [6.07, 6.45) is 4.89. The monoisotopic (exact) mass is 263 g/mol. The zero-order valence-corrected chi connectivity index (χ0v) is 11.6. The molecule has 2 heterocycles. The van der Waals surface area contributed by atoms with Gasteiger partial charge in [0, 0.05) is 18.9 Å². The Hall–Kier alpha value is -1.39. The molecule has 1 aromatic rings. The van der Waals surface area contributed by atoms with Gasteiger partial charge in [-0.05, 0) is 31.6 Å². The molecule has 1 unspecified atom stereocenters. The lowest BCUT2D eigenvalue weighted by atomic mass is 10.1. The summed E-state index contributed by atoms with van der Waals surface area (Å²) in [6, 6.07) is 0.00579.